The number of hydrogen-bond donors (Lipinski definition) is 1. The second kappa shape index (κ2) is 11.1. The van der Waals surface area contributed by atoms with Crippen molar-refractivity contribution in [2.45, 2.75) is 57.8 Å². The fourth-order valence-electron chi connectivity index (χ4n) is 2.18. The Kier molecular flexibility index (Phi) is 9.25. The van der Waals surface area contributed by atoms with E-state index in [1.807, 2.05) is 0 Å². The normalized spacial score (nSPS) is 10.5. The zero-order valence-corrected chi connectivity index (χ0v) is 12.5. The Hall–Kier alpha value is -1.58. The van der Waals surface area contributed by atoms with Crippen LogP contribution in [0, 0.1) is 5.82 Å². The van der Waals surface area contributed by atoms with Crippen LogP contribution in [0.4, 0.5) is 4.39 Å². The summed E-state index contributed by atoms with van der Waals surface area (Å²) in [7, 11) is 0. The second-order valence-corrected chi connectivity index (χ2v) is 5.25. The number of halogens is 1. The van der Waals surface area contributed by atoms with Crippen molar-refractivity contribution in [2.24, 2.45) is 0 Å². The number of carboxylic acids is 1. The third-order valence-electron chi connectivity index (χ3n) is 3.38. The van der Waals surface area contributed by atoms with E-state index in [9.17, 15) is 9.18 Å². The maximum atomic E-state index is 13.3. The number of rotatable bonds is 12. The van der Waals surface area contributed by atoms with Crippen molar-refractivity contribution in [3.05, 3.63) is 30.1 Å². The maximum Gasteiger partial charge on any atom is 0.303 e. The molecular formula is C17H25FO3. The highest BCUT2D eigenvalue weighted by molar-refractivity contribution is 5.66. The molecule has 0 heterocycles. The lowest BCUT2D eigenvalue weighted by Crippen LogP contribution is -1.99. The average Bonchev–Trinajstić information content (AvgIpc) is 2.46. The first-order chi connectivity index (χ1) is 10.2. The number of hydrogen-bond acceptors (Lipinski definition) is 2. The average molecular weight is 296 g/mol. The van der Waals surface area contributed by atoms with Gasteiger partial charge in [0.1, 0.15) is 0 Å². The van der Waals surface area contributed by atoms with Crippen LogP contribution in [0.3, 0.4) is 0 Å². The number of para-hydroxylation sites is 1. The summed E-state index contributed by atoms with van der Waals surface area (Å²) in [6.07, 6.45) is 8.69. The second-order valence-electron chi connectivity index (χ2n) is 5.25. The van der Waals surface area contributed by atoms with Gasteiger partial charge in [-0.15, -0.1) is 0 Å². The molecule has 0 saturated carbocycles. The molecule has 0 aliphatic rings. The lowest BCUT2D eigenvalue weighted by Gasteiger charge is -2.06. The van der Waals surface area contributed by atoms with Gasteiger partial charge in [-0.2, -0.15) is 0 Å². The van der Waals surface area contributed by atoms with Crippen LogP contribution in [0.5, 0.6) is 5.75 Å². The lowest BCUT2D eigenvalue weighted by molar-refractivity contribution is -0.137. The molecule has 1 N–H and O–H groups in total. The summed E-state index contributed by atoms with van der Waals surface area (Å²) in [6, 6.07) is 6.47. The molecule has 0 amide bonds. The zero-order valence-electron chi connectivity index (χ0n) is 12.5. The van der Waals surface area contributed by atoms with Gasteiger partial charge in [-0.3, -0.25) is 4.79 Å². The highest BCUT2D eigenvalue weighted by Crippen LogP contribution is 2.16. The van der Waals surface area contributed by atoms with Crippen LogP contribution >= 0.6 is 0 Å². The van der Waals surface area contributed by atoms with E-state index in [1.165, 1.54) is 12.5 Å². The summed E-state index contributed by atoms with van der Waals surface area (Å²) >= 11 is 0. The van der Waals surface area contributed by atoms with Gasteiger partial charge in [-0.25, -0.2) is 4.39 Å². The topological polar surface area (TPSA) is 46.5 Å². The van der Waals surface area contributed by atoms with E-state index in [1.54, 1.807) is 18.2 Å². The van der Waals surface area contributed by atoms with Crippen LogP contribution in [0.15, 0.2) is 24.3 Å². The SMILES string of the molecule is O=C(O)CCCCCCCCCCOc1ccccc1F. The number of benzene rings is 1. The minimum atomic E-state index is -0.704. The van der Waals surface area contributed by atoms with Crippen molar-refractivity contribution in [2.75, 3.05) is 6.61 Å². The molecule has 1 aromatic rings. The van der Waals surface area contributed by atoms with E-state index in [2.05, 4.69) is 0 Å². The molecule has 0 bridgehead atoms. The molecule has 0 aliphatic heterocycles. The van der Waals surface area contributed by atoms with Gasteiger partial charge in [0.15, 0.2) is 11.6 Å². The van der Waals surface area contributed by atoms with Crippen molar-refractivity contribution in [3.63, 3.8) is 0 Å². The number of ether oxygens (including phenoxy) is 1. The standard InChI is InChI=1S/C17H25FO3/c18-15-11-8-9-12-16(15)21-14-10-6-4-2-1-3-5-7-13-17(19)20/h8-9,11-12H,1-7,10,13-14H2,(H,19,20). The Morgan fingerprint density at radius 1 is 0.952 bits per heavy atom. The number of aliphatic carboxylic acids is 1. The molecule has 3 nitrogen and oxygen atoms in total. The number of unbranched alkanes of at least 4 members (excludes halogenated alkanes) is 7. The van der Waals surface area contributed by atoms with Gasteiger partial charge in [0.25, 0.3) is 0 Å². The molecule has 21 heavy (non-hydrogen) atoms. The molecule has 1 rings (SSSR count). The number of carbonyl (C=O) groups is 1. The molecule has 0 radical (unpaired) electrons. The van der Waals surface area contributed by atoms with Crippen LogP contribution < -0.4 is 4.74 Å². The van der Waals surface area contributed by atoms with E-state index in [0.29, 0.717) is 12.4 Å². The molecule has 118 valence electrons. The molecule has 4 heteroatoms. The summed E-state index contributed by atoms with van der Waals surface area (Å²) in [5, 5.41) is 8.50. The highest BCUT2D eigenvalue weighted by atomic mass is 19.1. The first-order valence-corrected chi connectivity index (χ1v) is 7.79. The molecular weight excluding hydrogens is 271 g/mol. The fraction of sp³-hybridized carbons (Fsp3) is 0.588. The Morgan fingerprint density at radius 2 is 1.52 bits per heavy atom. The van der Waals surface area contributed by atoms with Crippen LogP contribution in [0.1, 0.15) is 57.8 Å². The first kappa shape index (κ1) is 17.5. The van der Waals surface area contributed by atoms with Crippen molar-refractivity contribution < 1.29 is 19.0 Å². The Bertz CT molecular complexity index is 407. The van der Waals surface area contributed by atoms with Gasteiger partial charge in [0.05, 0.1) is 6.61 Å². The van der Waals surface area contributed by atoms with E-state index < -0.39 is 5.97 Å². The van der Waals surface area contributed by atoms with Gasteiger partial charge in [-0.1, -0.05) is 50.7 Å². The van der Waals surface area contributed by atoms with Crippen molar-refractivity contribution in [1.29, 1.82) is 0 Å². The van der Waals surface area contributed by atoms with Crippen LogP contribution in [0.2, 0.25) is 0 Å². The third kappa shape index (κ3) is 9.05. The Morgan fingerprint density at radius 3 is 2.14 bits per heavy atom. The van der Waals surface area contributed by atoms with Crippen molar-refractivity contribution in [3.8, 4) is 5.75 Å². The fourth-order valence-corrected chi connectivity index (χ4v) is 2.18. The van der Waals surface area contributed by atoms with Gasteiger partial charge in [0, 0.05) is 6.42 Å². The molecule has 0 aromatic heterocycles. The smallest absolute Gasteiger partial charge is 0.303 e. The Labute approximate surface area is 126 Å². The van der Waals surface area contributed by atoms with E-state index in [4.69, 9.17) is 9.84 Å². The highest BCUT2D eigenvalue weighted by Gasteiger charge is 2.00. The van der Waals surface area contributed by atoms with Gasteiger partial charge in [0.2, 0.25) is 0 Å². The van der Waals surface area contributed by atoms with E-state index in [-0.39, 0.29) is 12.2 Å². The quantitative estimate of drug-likeness (QED) is 0.563. The van der Waals surface area contributed by atoms with Crippen LogP contribution in [0.25, 0.3) is 0 Å². The van der Waals surface area contributed by atoms with Gasteiger partial charge in [-0.05, 0) is 25.0 Å². The van der Waals surface area contributed by atoms with Crippen LogP contribution in [-0.4, -0.2) is 17.7 Å². The molecule has 1 aromatic carbocycles. The predicted molar refractivity (Wildman–Crippen MR) is 81.1 cm³/mol. The summed E-state index contributed by atoms with van der Waals surface area (Å²) in [5.74, 6) is -0.681. The molecule has 0 spiro atoms. The molecule has 0 fully saturated rings. The summed E-state index contributed by atoms with van der Waals surface area (Å²) in [4.78, 5) is 10.3. The minimum absolute atomic E-state index is 0.285. The molecule has 0 unspecified atom stereocenters. The molecule has 0 aliphatic carbocycles. The maximum absolute atomic E-state index is 13.3. The predicted octanol–water partition coefficient (Wildman–Crippen LogP) is 4.80. The zero-order chi connectivity index (χ0) is 15.3. The summed E-state index contributed by atoms with van der Waals surface area (Å²) in [5.41, 5.74) is 0. The van der Waals surface area contributed by atoms with Crippen LogP contribution in [-0.2, 0) is 4.79 Å². The molecule has 0 atom stereocenters. The first-order valence-electron chi connectivity index (χ1n) is 7.79. The van der Waals surface area contributed by atoms with Gasteiger partial charge < -0.3 is 9.84 Å². The number of carboxylic acid groups (broad SMARTS) is 1. The largest absolute Gasteiger partial charge is 0.491 e. The van der Waals surface area contributed by atoms with Crippen molar-refractivity contribution >= 4 is 5.97 Å². The van der Waals surface area contributed by atoms with E-state index in [0.717, 1.165) is 44.9 Å². The minimum Gasteiger partial charge on any atom is -0.491 e. The lowest BCUT2D eigenvalue weighted by atomic mass is 10.1. The van der Waals surface area contributed by atoms with E-state index >= 15 is 0 Å². The molecule has 0 saturated heterocycles. The summed E-state index contributed by atoms with van der Waals surface area (Å²) in [6.45, 7) is 0.555. The summed E-state index contributed by atoms with van der Waals surface area (Å²) < 4.78 is 18.6. The monoisotopic (exact) mass is 296 g/mol. The third-order valence-corrected chi connectivity index (χ3v) is 3.38. The Balaban J connectivity index is 1.87. The van der Waals surface area contributed by atoms with Crippen molar-refractivity contribution in [1.82, 2.24) is 0 Å². The van der Waals surface area contributed by atoms with Gasteiger partial charge >= 0.3 is 5.97 Å².